The van der Waals surface area contributed by atoms with Crippen LogP contribution < -0.4 is 18.9 Å². The van der Waals surface area contributed by atoms with Crippen LogP contribution in [0.4, 0.5) is 0 Å². The normalized spacial score (nSPS) is 19.6. The standard InChI is InChI=1S/C29H31N3O7/c1-17-12-19-13-18(6-7-21(19)39-17)26(33)24-25(20-14-22(36-2)28(38-4)23(15-20)37-3)32(29(35)27(24)34)10-5-9-31-11-8-30-16-31/h6-8,11,13-17,25,33H,5,9-10,12H2,1-4H3/b26-24+/t17-,25+/m0/s1. The summed E-state index contributed by atoms with van der Waals surface area (Å²) in [4.78, 5) is 32.4. The zero-order valence-corrected chi connectivity index (χ0v) is 22.3. The molecule has 3 heterocycles. The van der Waals surface area contributed by atoms with Gasteiger partial charge in [-0.05, 0) is 54.8 Å². The van der Waals surface area contributed by atoms with Gasteiger partial charge < -0.3 is 33.5 Å². The molecule has 204 valence electrons. The summed E-state index contributed by atoms with van der Waals surface area (Å²) in [6, 6.07) is 7.82. The summed E-state index contributed by atoms with van der Waals surface area (Å²) >= 11 is 0. The third-order valence-corrected chi connectivity index (χ3v) is 7.09. The van der Waals surface area contributed by atoms with Gasteiger partial charge in [-0.1, -0.05) is 0 Å². The van der Waals surface area contributed by atoms with Gasteiger partial charge in [-0.3, -0.25) is 9.59 Å². The number of fused-ring (bicyclic) bond motifs is 1. The zero-order valence-electron chi connectivity index (χ0n) is 22.3. The molecule has 1 saturated heterocycles. The molecule has 2 aromatic carbocycles. The van der Waals surface area contributed by atoms with Gasteiger partial charge in [0, 0.05) is 37.5 Å². The van der Waals surface area contributed by atoms with Crippen molar-refractivity contribution >= 4 is 17.4 Å². The third-order valence-electron chi connectivity index (χ3n) is 7.09. The van der Waals surface area contributed by atoms with Crippen LogP contribution in [-0.4, -0.2) is 65.2 Å². The summed E-state index contributed by atoms with van der Waals surface area (Å²) in [5, 5.41) is 11.5. The zero-order chi connectivity index (χ0) is 27.7. The van der Waals surface area contributed by atoms with Crippen LogP contribution in [0.3, 0.4) is 0 Å². The van der Waals surface area contributed by atoms with E-state index in [9.17, 15) is 14.7 Å². The van der Waals surface area contributed by atoms with Crippen LogP contribution in [0.25, 0.3) is 5.76 Å². The number of ether oxygens (including phenoxy) is 4. The molecule has 0 unspecified atom stereocenters. The van der Waals surface area contributed by atoms with Gasteiger partial charge in [0.1, 0.15) is 17.6 Å². The quantitative estimate of drug-likeness (QED) is 0.252. The molecule has 0 radical (unpaired) electrons. The number of carbonyl (C=O) groups excluding carboxylic acids is 2. The van der Waals surface area contributed by atoms with Crippen molar-refractivity contribution in [3.8, 4) is 23.0 Å². The van der Waals surface area contributed by atoms with Crippen LogP contribution in [0.2, 0.25) is 0 Å². The van der Waals surface area contributed by atoms with Crippen LogP contribution in [-0.2, 0) is 22.6 Å². The van der Waals surface area contributed by atoms with Gasteiger partial charge in [-0.25, -0.2) is 4.98 Å². The van der Waals surface area contributed by atoms with Gasteiger partial charge in [0.25, 0.3) is 11.7 Å². The van der Waals surface area contributed by atoms with E-state index in [4.69, 9.17) is 18.9 Å². The number of likely N-dealkylation sites (tertiary alicyclic amines) is 1. The number of hydrogen-bond acceptors (Lipinski definition) is 8. The molecule has 10 heteroatoms. The fraction of sp³-hybridized carbons (Fsp3) is 0.345. The van der Waals surface area contributed by atoms with Crippen molar-refractivity contribution in [1.82, 2.24) is 14.5 Å². The van der Waals surface area contributed by atoms with Crippen molar-refractivity contribution in [3.63, 3.8) is 0 Å². The van der Waals surface area contributed by atoms with Crippen LogP contribution in [0.1, 0.15) is 36.1 Å². The Balaban J connectivity index is 1.61. The molecule has 2 aliphatic rings. The molecule has 5 rings (SSSR count). The summed E-state index contributed by atoms with van der Waals surface area (Å²) in [5.74, 6) is 0.206. The number of aliphatic hydroxyl groups excluding tert-OH is 1. The first-order chi connectivity index (χ1) is 18.9. The lowest BCUT2D eigenvalue weighted by Gasteiger charge is -2.26. The fourth-order valence-electron chi connectivity index (χ4n) is 5.28. The number of rotatable bonds is 9. The van der Waals surface area contributed by atoms with Crippen molar-refractivity contribution in [2.75, 3.05) is 27.9 Å². The highest BCUT2D eigenvalue weighted by Crippen LogP contribution is 2.46. The number of aliphatic hydroxyl groups is 1. The molecule has 1 N–H and O–H groups in total. The molecule has 2 atom stereocenters. The highest BCUT2D eigenvalue weighted by Gasteiger charge is 2.46. The molecule has 0 spiro atoms. The van der Waals surface area contributed by atoms with Crippen LogP contribution in [0, 0.1) is 0 Å². The Hall–Kier alpha value is -4.47. The number of benzene rings is 2. The Morgan fingerprint density at radius 1 is 1.08 bits per heavy atom. The van der Waals surface area contributed by atoms with Crippen molar-refractivity contribution in [3.05, 3.63) is 71.3 Å². The summed E-state index contributed by atoms with van der Waals surface area (Å²) in [6.07, 6.45) is 6.50. The monoisotopic (exact) mass is 533 g/mol. The number of hydrogen-bond donors (Lipinski definition) is 1. The average molecular weight is 534 g/mol. The molecule has 10 nitrogen and oxygen atoms in total. The lowest BCUT2D eigenvalue weighted by Crippen LogP contribution is -2.31. The minimum atomic E-state index is -0.870. The summed E-state index contributed by atoms with van der Waals surface area (Å²) in [6.45, 7) is 2.85. The van der Waals surface area contributed by atoms with E-state index >= 15 is 0 Å². The second-order valence-electron chi connectivity index (χ2n) is 9.56. The van der Waals surface area contributed by atoms with Crippen LogP contribution in [0.15, 0.2) is 54.6 Å². The Morgan fingerprint density at radius 3 is 2.46 bits per heavy atom. The molecule has 0 saturated carbocycles. The second kappa shape index (κ2) is 10.7. The van der Waals surface area contributed by atoms with Gasteiger partial charge in [-0.2, -0.15) is 0 Å². The molecular weight excluding hydrogens is 502 g/mol. The number of amides is 1. The Morgan fingerprint density at radius 2 is 1.82 bits per heavy atom. The molecule has 1 aromatic heterocycles. The molecule has 1 amide bonds. The number of aryl methyl sites for hydroxylation is 1. The summed E-state index contributed by atoms with van der Waals surface area (Å²) in [5.41, 5.74) is 1.93. The first kappa shape index (κ1) is 26.1. The number of imidazole rings is 1. The number of carbonyl (C=O) groups is 2. The van der Waals surface area contributed by atoms with Crippen molar-refractivity contribution in [2.45, 2.75) is 38.5 Å². The van der Waals surface area contributed by atoms with E-state index in [0.717, 1.165) is 11.3 Å². The summed E-state index contributed by atoms with van der Waals surface area (Å²) < 4.78 is 24.2. The number of Topliss-reactive ketones (excluding diaryl/α,β-unsaturated/α-hetero) is 1. The maximum atomic E-state index is 13.5. The fourth-order valence-corrected chi connectivity index (χ4v) is 5.28. The van der Waals surface area contributed by atoms with E-state index in [-0.39, 0.29) is 24.0 Å². The first-order valence-corrected chi connectivity index (χ1v) is 12.7. The third kappa shape index (κ3) is 4.78. The van der Waals surface area contributed by atoms with E-state index in [1.54, 1.807) is 36.8 Å². The van der Waals surface area contributed by atoms with Crippen molar-refractivity contribution < 1.29 is 33.6 Å². The smallest absolute Gasteiger partial charge is 0.295 e. The molecule has 0 bridgehead atoms. The maximum Gasteiger partial charge on any atom is 0.295 e. The predicted octanol–water partition coefficient (Wildman–Crippen LogP) is 3.74. The minimum absolute atomic E-state index is 0.00353. The van der Waals surface area contributed by atoms with Gasteiger partial charge >= 0.3 is 0 Å². The number of aromatic nitrogens is 2. The van der Waals surface area contributed by atoms with E-state index in [0.29, 0.717) is 47.8 Å². The molecular formula is C29H31N3O7. The Kier molecular flexibility index (Phi) is 7.19. The largest absolute Gasteiger partial charge is 0.507 e. The van der Waals surface area contributed by atoms with Gasteiger partial charge in [0.05, 0.1) is 39.3 Å². The average Bonchev–Trinajstić information content (AvgIpc) is 3.65. The van der Waals surface area contributed by atoms with Gasteiger partial charge in [0.2, 0.25) is 5.75 Å². The first-order valence-electron chi connectivity index (χ1n) is 12.7. The predicted molar refractivity (Wildman–Crippen MR) is 142 cm³/mol. The van der Waals surface area contributed by atoms with Crippen LogP contribution >= 0.6 is 0 Å². The lowest BCUT2D eigenvalue weighted by atomic mass is 9.94. The molecule has 1 fully saturated rings. The number of nitrogens with zero attached hydrogens (tertiary/aromatic N) is 3. The lowest BCUT2D eigenvalue weighted by molar-refractivity contribution is -0.139. The van der Waals surface area contributed by atoms with E-state index in [1.165, 1.54) is 26.2 Å². The molecule has 39 heavy (non-hydrogen) atoms. The minimum Gasteiger partial charge on any atom is -0.507 e. The van der Waals surface area contributed by atoms with Gasteiger partial charge in [0.15, 0.2) is 11.5 Å². The Bertz CT molecular complexity index is 1410. The Labute approximate surface area is 226 Å². The van der Waals surface area contributed by atoms with Gasteiger partial charge in [-0.15, -0.1) is 0 Å². The van der Waals surface area contributed by atoms with E-state index in [1.807, 2.05) is 23.8 Å². The maximum absolute atomic E-state index is 13.5. The van der Waals surface area contributed by atoms with Crippen molar-refractivity contribution in [2.24, 2.45) is 0 Å². The van der Waals surface area contributed by atoms with Crippen molar-refractivity contribution in [1.29, 1.82) is 0 Å². The van der Waals surface area contributed by atoms with Crippen LogP contribution in [0.5, 0.6) is 23.0 Å². The SMILES string of the molecule is COc1cc([C@@H]2/C(=C(\O)c3ccc4c(c3)C[C@H](C)O4)C(=O)C(=O)N2CCCn2ccnc2)cc(OC)c1OC. The van der Waals surface area contributed by atoms with E-state index < -0.39 is 17.7 Å². The molecule has 3 aromatic rings. The highest BCUT2D eigenvalue weighted by atomic mass is 16.5. The summed E-state index contributed by atoms with van der Waals surface area (Å²) in [7, 11) is 4.49. The number of methoxy groups -OCH3 is 3. The molecule has 2 aliphatic heterocycles. The second-order valence-corrected chi connectivity index (χ2v) is 9.56. The highest BCUT2D eigenvalue weighted by molar-refractivity contribution is 6.46. The number of ketones is 1. The van der Waals surface area contributed by atoms with E-state index in [2.05, 4.69) is 4.98 Å². The molecule has 0 aliphatic carbocycles. The topological polar surface area (TPSA) is 112 Å².